The number of rotatable bonds is 6. The highest BCUT2D eigenvalue weighted by Crippen LogP contribution is 2.37. The standard InChI is InChI=1S/C24H24Cl2N4/c1-4-12-30(15-17-8-6-5-7-9-17)21-13-16(2)27-23-22(28-29(3)24(21)23)19-11-10-18(25)14-20(19)26/h5-11,13-14H,4,12,15H2,1-3H3. The van der Waals surface area contributed by atoms with Gasteiger partial charge in [0.15, 0.2) is 0 Å². The molecule has 0 bridgehead atoms. The Hall–Kier alpha value is -2.56. The zero-order valence-electron chi connectivity index (χ0n) is 17.4. The van der Waals surface area contributed by atoms with Crippen LogP contribution < -0.4 is 4.90 Å². The molecule has 30 heavy (non-hydrogen) atoms. The summed E-state index contributed by atoms with van der Waals surface area (Å²) in [5.74, 6) is 0. The Kier molecular flexibility index (Phi) is 5.98. The summed E-state index contributed by atoms with van der Waals surface area (Å²) in [4.78, 5) is 7.25. The highest BCUT2D eigenvalue weighted by Gasteiger charge is 2.21. The van der Waals surface area contributed by atoms with Gasteiger partial charge in [-0.1, -0.05) is 60.5 Å². The molecule has 0 amide bonds. The van der Waals surface area contributed by atoms with Crippen LogP contribution in [0.3, 0.4) is 0 Å². The van der Waals surface area contributed by atoms with Crippen LogP contribution in [0.25, 0.3) is 22.3 Å². The van der Waals surface area contributed by atoms with Crippen LogP contribution in [-0.2, 0) is 13.6 Å². The van der Waals surface area contributed by atoms with Gasteiger partial charge in [0, 0.05) is 36.4 Å². The number of halogens is 2. The Bertz CT molecular complexity index is 1190. The van der Waals surface area contributed by atoms with Gasteiger partial charge in [-0.2, -0.15) is 5.10 Å². The van der Waals surface area contributed by atoms with E-state index in [0.29, 0.717) is 10.0 Å². The van der Waals surface area contributed by atoms with Crippen molar-refractivity contribution in [3.63, 3.8) is 0 Å². The molecule has 0 saturated heterocycles. The smallest absolute Gasteiger partial charge is 0.120 e. The minimum atomic E-state index is 0.571. The fourth-order valence-corrected chi connectivity index (χ4v) is 4.34. The van der Waals surface area contributed by atoms with Gasteiger partial charge >= 0.3 is 0 Å². The molecule has 0 aliphatic carbocycles. The van der Waals surface area contributed by atoms with Crippen molar-refractivity contribution < 1.29 is 0 Å². The monoisotopic (exact) mass is 438 g/mol. The number of anilines is 1. The molecular formula is C24H24Cl2N4. The minimum Gasteiger partial charge on any atom is -0.365 e. The third kappa shape index (κ3) is 4.03. The second-order valence-corrected chi connectivity index (χ2v) is 8.33. The van der Waals surface area contributed by atoms with E-state index in [1.54, 1.807) is 6.07 Å². The zero-order chi connectivity index (χ0) is 21.3. The lowest BCUT2D eigenvalue weighted by atomic mass is 10.1. The number of nitrogens with zero attached hydrogens (tertiary/aromatic N) is 4. The van der Waals surface area contributed by atoms with Crippen molar-refractivity contribution in [2.45, 2.75) is 26.8 Å². The van der Waals surface area contributed by atoms with Crippen molar-refractivity contribution in [3.05, 3.63) is 75.9 Å². The second kappa shape index (κ2) is 8.66. The lowest BCUT2D eigenvalue weighted by Gasteiger charge is -2.26. The van der Waals surface area contributed by atoms with Crippen molar-refractivity contribution in [2.75, 3.05) is 11.4 Å². The normalized spacial score (nSPS) is 11.2. The quantitative estimate of drug-likeness (QED) is 0.337. The van der Waals surface area contributed by atoms with E-state index in [2.05, 4.69) is 42.2 Å². The molecule has 0 atom stereocenters. The van der Waals surface area contributed by atoms with Crippen molar-refractivity contribution in [1.82, 2.24) is 14.8 Å². The van der Waals surface area contributed by atoms with E-state index in [9.17, 15) is 0 Å². The maximum atomic E-state index is 6.50. The number of pyridine rings is 1. The van der Waals surface area contributed by atoms with Crippen LogP contribution in [0.1, 0.15) is 24.6 Å². The molecule has 0 aliphatic heterocycles. The fourth-order valence-electron chi connectivity index (χ4n) is 3.84. The van der Waals surface area contributed by atoms with Gasteiger partial charge < -0.3 is 4.90 Å². The number of benzene rings is 2. The number of hydrogen-bond donors (Lipinski definition) is 0. The van der Waals surface area contributed by atoms with Crippen molar-refractivity contribution in [3.8, 4) is 11.3 Å². The van der Waals surface area contributed by atoms with Crippen LogP contribution in [0.15, 0.2) is 54.6 Å². The molecule has 2 aromatic carbocycles. The van der Waals surface area contributed by atoms with E-state index >= 15 is 0 Å². The van der Waals surface area contributed by atoms with E-state index < -0.39 is 0 Å². The van der Waals surface area contributed by atoms with Crippen LogP contribution in [0, 0.1) is 6.92 Å². The first-order valence-electron chi connectivity index (χ1n) is 10.1. The fraction of sp³-hybridized carbons (Fsp3) is 0.250. The first-order chi connectivity index (χ1) is 14.5. The number of fused-ring (bicyclic) bond motifs is 1. The predicted octanol–water partition coefficient (Wildman–Crippen LogP) is 6.67. The highest BCUT2D eigenvalue weighted by atomic mass is 35.5. The second-order valence-electron chi connectivity index (χ2n) is 7.48. The first-order valence-corrected chi connectivity index (χ1v) is 10.8. The molecule has 0 aliphatic rings. The molecular weight excluding hydrogens is 415 g/mol. The number of hydrogen-bond acceptors (Lipinski definition) is 3. The van der Waals surface area contributed by atoms with E-state index in [0.717, 1.165) is 53.2 Å². The number of aromatic nitrogens is 3. The van der Waals surface area contributed by atoms with E-state index in [1.807, 2.05) is 36.9 Å². The average molecular weight is 439 g/mol. The van der Waals surface area contributed by atoms with Gasteiger partial charge in [-0.15, -0.1) is 0 Å². The van der Waals surface area contributed by atoms with Gasteiger partial charge in [0.05, 0.1) is 10.7 Å². The highest BCUT2D eigenvalue weighted by molar-refractivity contribution is 6.36. The van der Waals surface area contributed by atoms with Crippen molar-refractivity contribution >= 4 is 39.9 Å². The van der Waals surface area contributed by atoms with Crippen LogP contribution in [0.5, 0.6) is 0 Å². The summed E-state index contributed by atoms with van der Waals surface area (Å²) in [6.45, 7) is 5.99. The lowest BCUT2D eigenvalue weighted by Crippen LogP contribution is -2.24. The average Bonchev–Trinajstić information content (AvgIpc) is 3.04. The van der Waals surface area contributed by atoms with Gasteiger partial charge in [0.1, 0.15) is 16.7 Å². The molecule has 0 spiro atoms. The summed E-state index contributed by atoms with van der Waals surface area (Å²) in [5.41, 5.74) is 6.82. The molecule has 0 radical (unpaired) electrons. The van der Waals surface area contributed by atoms with Crippen LogP contribution >= 0.6 is 23.2 Å². The third-order valence-electron chi connectivity index (χ3n) is 5.14. The summed E-state index contributed by atoms with van der Waals surface area (Å²) >= 11 is 12.6. The summed E-state index contributed by atoms with van der Waals surface area (Å²) < 4.78 is 1.91. The van der Waals surface area contributed by atoms with Gasteiger partial charge in [-0.05, 0) is 43.2 Å². The maximum absolute atomic E-state index is 6.50. The summed E-state index contributed by atoms with van der Waals surface area (Å²) in [5, 5.41) is 5.98. The summed E-state index contributed by atoms with van der Waals surface area (Å²) in [6.07, 6.45) is 1.05. The van der Waals surface area contributed by atoms with Crippen LogP contribution in [0.4, 0.5) is 5.69 Å². The maximum Gasteiger partial charge on any atom is 0.120 e. The largest absolute Gasteiger partial charge is 0.365 e. The Morgan fingerprint density at radius 3 is 2.50 bits per heavy atom. The summed E-state index contributed by atoms with van der Waals surface area (Å²) in [6, 6.07) is 18.2. The Morgan fingerprint density at radius 1 is 1.03 bits per heavy atom. The third-order valence-corrected chi connectivity index (χ3v) is 5.68. The topological polar surface area (TPSA) is 34.0 Å². The SMILES string of the molecule is CCCN(Cc1ccccc1)c1cc(C)nc2c(-c3ccc(Cl)cc3Cl)nn(C)c12. The lowest BCUT2D eigenvalue weighted by molar-refractivity contribution is 0.756. The molecule has 2 heterocycles. The van der Waals surface area contributed by atoms with E-state index in [1.165, 1.54) is 5.56 Å². The molecule has 6 heteroatoms. The zero-order valence-corrected chi connectivity index (χ0v) is 18.9. The van der Waals surface area contributed by atoms with Gasteiger partial charge in [-0.25, -0.2) is 4.98 Å². The Morgan fingerprint density at radius 2 is 1.80 bits per heavy atom. The predicted molar refractivity (Wildman–Crippen MR) is 126 cm³/mol. The molecule has 2 aromatic heterocycles. The first kappa shape index (κ1) is 20.7. The molecule has 0 N–H and O–H groups in total. The molecule has 154 valence electrons. The van der Waals surface area contributed by atoms with Gasteiger partial charge in [-0.3, -0.25) is 4.68 Å². The van der Waals surface area contributed by atoms with Gasteiger partial charge in [0.2, 0.25) is 0 Å². The molecule has 0 unspecified atom stereocenters. The van der Waals surface area contributed by atoms with E-state index in [4.69, 9.17) is 33.3 Å². The molecule has 0 fully saturated rings. The summed E-state index contributed by atoms with van der Waals surface area (Å²) in [7, 11) is 1.96. The molecule has 0 saturated carbocycles. The Balaban J connectivity index is 1.89. The molecule has 4 rings (SSSR count). The van der Waals surface area contributed by atoms with Crippen LogP contribution in [0.2, 0.25) is 10.0 Å². The van der Waals surface area contributed by atoms with Crippen molar-refractivity contribution in [1.29, 1.82) is 0 Å². The van der Waals surface area contributed by atoms with Gasteiger partial charge in [0.25, 0.3) is 0 Å². The van der Waals surface area contributed by atoms with Crippen LogP contribution in [-0.4, -0.2) is 21.3 Å². The number of aryl methyl sites for hydroxylation is 2. The minimum absolute atomic E-state index is 0.571. The van der Waals surface area contributed by atoms with E-state index in [-0.39, 0.29) is 0 Å². The van der Waals surface area contributed by atoms with Crippen molar-refractivity contribution in [2.24, 2.45) is 7.05 Å². The Labute approximate surface area is 187 Å². The molecule has 4 aromatic rings. The molecule has 4 nitrogen and oxygen atoms in total.